The smallest absolute Gasteiger partial charge is 0.253 e. The van der Waals surface area contributed by atoms with Crippen LogP contribution in [0.15, 0.2) is 20.1 Å². The van der Waals surface area contributed by atoms with Gasteiger partial charge in [-0.15, -0.1) is 11.3 Å². The van der Waals surface area contributed by atoms with Crippen molar-refractivity contribution in [2.45, 2.75) is 43.0 Å². The molecule has 1 aliphatic heterocycles. The molecule has 0 aliphatic carbocycles. The van der Waals surface area contributed by atoms with Gasteiger partial charge < -0.3 is 4.90 Å². The summed E-state index contributed by atoms with van der Waals surface area (Å²) in [6, 6.07) is 2.42. The standard InChI is InChI=1S/C13H21BrN2O2S2/c1-10(2)16-7-4-11(5-8-16)15(3)20(17,18)13-12(14)6-9-19-13/h6,9-11H,4-5,7-8H2,1-3H3. The molecule has 0 radical (unpaired) electrons. The first-order valence-electron chi connectivity index (χ1n) is 6.79. The van der Waals surface area contributed by atoms with Crippen molar-refractivity contribution in [2.75, 3.05) is 20.1 Å². The molecule has 2 rings (SSSR count). The van der Waals surface area contributed by atoms with Crippen LogP contribution in [0.25, 0.3) is 0 Å². The second-order valence-electron chi connectivity index (χ2n) is 5.44. The van der Waals surface area contributed by atoms with Gasteiger partial charge in [0.15, 0.2) is 0 Å². The van der Waals surface area contributed by atoms with Crippen LogP contribution in [0.3, 0.4) is 0 Å². The lowest BCUT2D eigenvalue weighted by Crippen LogP contribution is -2.47. The third kappa shape index (κ3) is 3.27. The number of likely N-dealkylation sites (tertiary alicyclic amines) is 1. The SMILES string of the molecule is CC(C)N1CCC(N(C)S(=O)(=O)c2sccc2Br)CC1. The van der Waals surface area contributed by atoms with Crippen LogP contribution in [0.4, 0.5) is 0 Å². The predicted molar refractivity (Wildman–Crippen MR) is 86.7 cm³/mol. The Morgan fingerprint density at radius 3 is 2.45 bits per heavy atom. The molecule has 0 aromatic carbocycles. The quantitative estimate of drug-likeness (QED) is 0.805. The van der Waals surface area contributed by atoms with Crippen LogP contribution < -0.4 is 0 Å². The Hall–Kier alpha value is 0.0500. The van der Waals surface area contributed by atoms with E-state index in [9.17, 15) is 8.42 Å². The molecule has 0 spiro atoms. The number of rotatable bonds is 4. The van der Waals surface area contributed by atoms with E-state index in [0.29, 0.717) is 14.7 Å². The second kappa shape index (κ2) is 6.44. The van der Waals surface area contributed by atoms with Gasteiger partial charge in [0.2, 0.25) is 0 Å². The number of piperidine rings is 1. The fourth-order valence-electron chi connectivity index (χ4n) is 2.56. The molecule has 1 fully saturated rings. The van der Waals surface area contributed by atoms with E-state index >= 15 is 0 Å². The second-order valence-corrected chi connectivity index (χ2v) is 9.40. The molecule has 2 heterocycles. The van der Waals surface area contributed by atoms with Crippen molar-refractivity contribution in [3.63, 3.8) is 0 Å². The van der Waals surface area contributed by atoms with Gasteiger partial charge in [0.25, 0.3) is 10.0 Å². The number of hydrogen-bond donors (Lipinski definition) is 0. The van der Waals surface area contributed by atoms with Crippen LogP contribution >= 0.6 is 27.3 Å². The highest BCUT2D eigenvalue weighted by molar-refractivity contribution is 9.10. The first-order chi connectivity index (χ1) is 9.34. The highest BCUT2D eigenvalue weighted by Gasteiger charge is 2.33. The summed E-state index contributed by atoms with van der Waals surface area (Å²) >= 11 is 4.59. The molecule has 7 heteroatoms. The van der Waals surface area contributed by atoms with E-state index in [1.54, 1.807) is 22.8 Å². The minimum Gasteiger partial charge on any atom is -0.301 e. The molecule has 114 valence electrons. The molecule has 0 unspecified atom stereocenters. The number of nitrogens with zero attached hydrogens (tertiary/aromatic N) is 2. The van der Waals surface area contributed by atoms with Crippen LogP contribution in [0, 0.1) is 0 Å². The molecule has 0 amide bonds. The van der Waals surface area contributed by atoms with Crippen molar-refractivity contribution in [1.82, 2.24) is 9.21 Å². The number of halogens is 1. The fourth-order valence-corrected chi connectivity index (χ4v) is 6.45. The summed E-state index contributed by atoms with van der Waals surface area (Å²) in [5.74, 6) is 0. The van der Waals surface area contributed by atoms with Gasteiger partial charge in [-0.2, -0.15) is 4.31 Å². The lowest BCUT2D eigenvalue weighted by Gasteiger charge is -2.37. The van der Waals surface area contributed by atoms with Gasteiger partial charge in [0.05, 0.1) is 0 Å². The highest BCUT2D eigenvalue weighted by atomic mass is 79.9. The predicted octanol–water partition coefficient (Wildman–Crippen LogP) is 3.00. The Kier molecular flexibility index (Phi) is 5.29. The highest BCUT2D eigenvalue weighted by Crippen LogP contribution is 2.32. The minimum atomic E-state index is -3.38. The summed E-state index contributed by atoms with van der Waals surface area (Å²) in [6.07, 6.45) is 1.80. The van der Waals surface area contributed by atoms with Crippen molar-refractivity contribution in [3.8, 4) is 0 Å². The van der Waals surface area contributed by atoms with E-state index in [-0.39, 0.29) is 6.04 Å². The Morgan fingerprint density at radius 2 is 2.00 bits per heavy atom. The lowest BCUT2D eigenvalue weighted by molar-refractivity contribution is 0.140. The lowest BCUT2D eigenvalue weighted by atomic mass is 10.0. The minimum absolute atomic E-state index is 0.101. The Bertz CT molecular complexity index is 548. The van der Waals surface area contributed by atoms with Gasteiger partial charge in [-0.05, 0) is 67.2 Å². The zero-order chi connectivity index (χ0) is 14.9. The summed E-state index contributed by atoms with van der Waals surface area (Å²) in [5, 5.41) is 1.80. The molecular weight excluding hydrogens is 360 g/mol. The summed E-state index contributed by atoms with van der Waals surface area (Å²) in [4.78, 5) is 2.40. The van der Waals surface area contributed by atoms with E-state index < -0.39 is 10.0 Å². The topological polar surface area (TPSA) is 40.6 Å². The van der Waals surface area contributed by atoms with Crippen molar-refractivity contribution in [3.05, 3.63) is 15.9 Å². The maximum absolute atomic E-state index is 12.6. The van der Waals surface area contributed by atoms with Gasteiger partial charge in [0.1, 0.15) is 4.21 Å². The molecule has 1 aromatic heterocycles. The third-order valence-corrected chi connectivity index (χ3v) is 8.50. The van der Waals surface area contributed by atoms with Gasteiger partial charge in [-0.1, -0.05) is 0 Å². The summed E-state index contributed by atoms with van der Waals surface area (Å²) in [5.41, 5.74) is 0. The molecule has 0 bridgehead atoms. The molecule has 1 aromatic rings. The zero-order valence-corrected chi connectivity index (χ0v) is 15.3. The Balaban J connectivity index is 2.09. The Labute approximate surface area is 133 Å². The average Bonchev–Trinajstić information content (AvgIpc) is 2.85. The number of sulfonamides is 1. The molecule has 0 atom stereocenters. The van der Waals surface area contributed by atoms with E-state index in [1.165, 1.54) is 11.3 Å². The molecular formula is C13H21BrN2O2S2. The normalized spacial score (nSPS) is 19.1. The summed E-state index contributed by atoms with van der Waals surface area (Å²) < 4.78 is 27.9. The largest absolute Gasteiger partial charge is 0.301 e. The van der Waals surface area contributed by atoms with E-state index in [2.05, 4.69) is 34.7 Å². The monoisotopic (exact) mass is 380 g/mol. The van der Waals surface area contributed by atoms with Crippen LogP contribution in [-0.4, -0.2) is 49.8 Å². The van der Waals surface area contributed by atoms with Gasteiger partial charge in [-0.25, -0.2) is 8.42 Å². The number of thiophene rings is 1. The molecule has 0 N–H and O–H groups in total. The van der Waals surface area contributed by atoms with Crippen molar-refractivity contribution < 1.29 is 8.42 Å². The van der Waals surface area contributed by atoms with E-state index in [0.717, 1.165) is 25.9 Å². The molecule has 20 heavy (non-hydrogen) atoms. The van der Waals surface area contributed by atoms with E-state index in [1.807, 2.05) is 0 Å². The van der Waals surface area contributed by atoms with Crippen LogP contribution in [0.1, 0.15) is 26.7 Å². The fraction of sp³-hybridized carbons (Fsp3) is 0.692. The van der Waals surface area contributed by atoms with Gasteiger partial charge in [0, 0.05) is 23.6 Å². The van der Waals surface area contributed by atoms with Crippen molar-refractivity contribution in [1.29, 1.82) is 0 Å². The number of hydrogen-bond acceptors (Lipinski definition) is 4. The van der Waals surface area contributed by atoms with Crippen molar-refractivity contribution >= 4 is 37.3 Å². The first-order valence-corrected chi connectivity index (χ1v) is 9.90. The third-order valence-electron chi connectivity index (χ3n) is 3.94. The summed E-state index contributed by atoms with van der Waals surface area (Å²) in [6.45, 7) is 6.30. The molecule has 0 saturated carbocycles. The maximum Gasteiger partial charge on any atom is 0.253 e. The van der Waals surface area contributed by atoms with Gasteiger partial charge >= 0.3 is 0 Å². The zero-order valence-electron chi connectivity index (χ0n) is 12.0. The Morgan fingerprint density at radius 1 is 1.40 bits per heavy atom. The van der Waals surface area contributed by atoms with Crippen LogP contribution in [0.2, 0.25) is 0 Å². The molecule has 1 aliphatic rings. The maximum atomic E-state index is 12.6. The van der Waals surface area contributed by atoms with E-state index in [4.69, 9.17) is 0 Å². The first kappa shape index (κ1) is 16.4. The van der Waals surface area contributed by atoms with Crippen LogP contribution in [0.5, 0.6) is 0 Å². The molecule has 4 nitrogen and oxygen atoms in total. The molecule has 1 saturated heterocycles. The van der Waals surface area contributed by atoms with Gasteiger partial charge in [-0.3, -0.25) is 0 Å². The van der Waals surface area contributed by atoms with Crippen molar-refractivity contribution in [2.24, 2.45) is 0 Å². The average molecular weight is 381 g/mol. The summed E-state index contributed by atoms with van der Waals surface area (Å²) in [7, 11) is -1.67. The van der Waals surface area contributed by atoms with Crippen LogP contribution in [-0.2, 0) is 10.0 Å².